The summed E-state index contributed by atoms with van der Waals surface area (Å²) >= 11 is 0. The molecule has 9 nitrogen and oxygen atoms in total. The normalized spacial score (nSPS) is 10.3. The van der Waals surface area contributed by atoms with Crippen LogP contribution in [0.4, 0.5) is 21.5 Å². The van der Waals surface area contributed by atoms with Crippen molar-refractivity contribution in [1.29, 1.82) is 0 Å². The number of aryl methyl sites for hydroxylation is 1. The lowest BCUT2D eigenvalue weighted by atomic mass is 10.2. The number of nitrogens with one attached hydrogen (secondary N) is 2. The van der Waals surface area contributed by atoms with Crippen LogP contribution in [0.15, 0.2) is 24.8 Å². The van der Waals surface area contributed by atoms with Crippen LogP contribution >= 0.6 is 0 Å². The van der Waals surface area contributed by atoms with Crippen LogP contribution in [-0.2, 0) is 11.3 Å². The van der Waals surface area contributed by atoms with Gasteiger partial charge in [-0.25, -0.2) is 9.37 Å². The maximum absolute atomic E-state index is 13.9. The molecular formula is C13H15FN6O3. The highest BCUT2D eigenvalue weighted by molar-refractivity contribution is 5.92. The maximum Gasteiger partial charge on any atom is 0.295 e. The third kappa shape index (κ3) is 4.46. The summed E-state index contributed by atoms with van der Waals surface area (Å²) in [6, 6.07) is 2.00. The fourth-order valence-electron chi connectivity index (χ4n) is 1.95. The molecule has 2 aromatic rings. The predicted molar refractivity (Wildman–Crippen MR) is 80.5 cm³/mol. The summed E-state index contributed by atoms with van der Waals surface area (Å²) < 4.78 is 15.6. The molecule has 0 fully saturated rings. The second kappa shape index (κ2) is 7.29. The number of halogens is 1. The summed E-state index contributed by atoms with van der Waals surface area (Å²) in [4.78, 5) is 25.1. The molecule has 0 aliphatic carbocycles. The Kier molecular flexibility index (Phi) is 5.18. The van der Waals surface area contributed by atoms with Gasteiger partial charge in [-0.2, -0.15) is 5.10 Å². The number of hydrogen-bond acceptors (Lipinski definition) is 6. The van der Waals surface area contributed by atoms with Crippen molar-refractivity contribution in [2.45, 2.75) is 19.9 Å². The second-order valence-corrected chi connectivity index (χ2v) is 4.73. The molecule has 10 heteroatoms. The number of rotatable bonds is 7. The molecule has 0 aliphatic heterocycles. The summed E-state index contributed by atoms with van der Waals surface area (Å²) in [7, 11) is 0. The molecule has 0 saturated heterocycles. The Morgan fingerprint density at radius 2 is 2.22 bits per heavy atom. The molecule has 122 valence electrons. The average Bonchev–Trinajstić information content (AvgIpc) is 2.98. The number of benzene rings is 1. The van der Waals surface area contributed by atoms with E-state index in [1.165, 1.54) is 19.3 Å². The first-order valence-electron chi connectivity index (χ1n) is 6.79. The SMILES string of the molecule is CC(=O)Nc1cc(NCCCn2cncn2)c(F)cc1[N+](=O)[O-]. The maximum atomic E-state index is 13.9. The number of nitro groups is 1. The van der Waals surface area contributed by atoms with Gasteiger partial charge in [-0.1, -0.05) is 0 Å². The highest BCUT2D eigenvalue weighted by atomic mass is 19.1. The third-order valence-corrected chi connectivity index (χ3v) is 2.94. The van der Waals surface area contributed by atoms with E-state index in [2.05, 4.69) is 20.7 Å². The van der Waals surface area contributed by atoms with Crippen LogP contribution in [0.2, 0.25) is 0 Å². The molecule has 0 unspecified atom stereocenters. The van der Waals surface area contributed by atoms with Gasteiger partial charge in [-0.05, 0) is 12.5 Å². The van der Waals surface area contributed by atoms with Crippen molar-refractivity contribution in [2.75, 3.05) is 17.2 Å². The van der Waals surface area contributed by atoms with E-state index in [1.54, 1.807) is 11.0 Å². The van der Waals surface area contributed by atoms with Crippen molar-refractivity contribution in [3.05, 3.63) is 40.7 Å². The van der Waals surface area contributed by atoms with Gasteiger partial charge in [0.25, 0.3) is 5.69 Å². The first-order chi connectivity index (χ1) is 11.0. The Bertz CT molecular complexity index is 704. The van der Waals surface area contributed by atoms with E-state index < -0.39 is 22.3 Å². The Balaban J connectivity index is 2.05. The summed E-state index contributed by atoms with van der Waals surface area (Å²) in [5, 5.41) is 20.0. The monoisotopic (exact) mass is 322 g/mol. The van der Waals surface area contributed by atoms with E-state index >= 15 is 0 Å². The molecule has 0 saturated carbocycles. The van der Waals surface area contributed by atoms with Gasteiger partial charge in [0, 0.05) is 20.0 Å². The van der Waals surface area contributed by atoms with Gasteiger partial charge in [0.1, 0.15) is 18.3 Å². The second-order valence-electron chi connectivity index (χ2n) is 4.73. The van der Waals surface area contributed by atoms with Gasteiger partial charge in [0.05, 0.1) is 16.7 Å². The van der Waals surface area contributed by atoms with Gasteiger partial charge in [-0.15, -0.1) is 0 Å². The largest absolute Gasteiger partial charge is 0.383 e. The standard InChI is InChI=1S/C13H15FN6O3/c1-9(21)18-12-6-11(10(14)5-13(12)20(22)23)16-3-2-4-19-8-15-7-17-19/h5-8,16H,2-4H2,1H3,(H,18,21). The zero-order valence-electron chi connectivity index (χ0n) is 12.3. The number of hydrogen-bond donors (Lipinski definition) is 2. The van der Waals surface area contributed by atoms with Crippen LogP contribution in [0.25, 0.3) is 0 Å². The highest BCUT2D eigenvalue weighted by Crippen LogP contribution is 2.30. The number of nitrogens with zero attached hydrogens (tertiary/aromatic N) is 4. The first-order valence-corrected chi connectivity index (χ1v) is 6.79. The van der Waals surface area contributed by atoms with Crippen LogP contribution in [-0.4, -0.2) is 32.1 Å². The number of anilines is 2. The van der Waals surface area contributed by atoms with Crippen molar-refractivity contribution in [2.24, 2.45) is 0 Å². The molecular weight excluding hydrogens is 307 g/mol. The van der Waals surface area contributed by atoms with Gasteiger partial charge in [0.2, 0.25) is 5.91 Å². The van der Waals surface area contributed by atoms with E-state index in [4.69, 9.17) is 0 Å². The number of nitro benzene ring substituents is 1. The minimum Gasteiger partial charge on any atom is -0.383 e. The van der Waals surface area contributed by atoms with E-state index in [1.807, 2.05) is 0 Å². The molecule has 0 aliphatic rings. The van der Waals surface area contributed by atoms with Crippen LogP contribution in [0.1, 0.15) is 13.3 Å². The van der Waals surface area contributed by atoms with Gasteiger partial charge >= 0.3 is 0 Å². The molecule has 0 radical (unpaired) electrons. The average molecular weight is 322 g/mol. The number of amides is 1. The Morgan fingerprint density at radius 3 is 2.83 bits per heavy atom. The fraction of sp³-hybridized carbons (Fsp3) is 0.308. The molecule has 0 atom stereocenters. The van der Waals surface area contributed by atoms with E-state index in [-0.39, 0.29) is 11.4 Å². The molecule has 1 aromatic heterocycles. The summed E-state index contributed by atoms with van der Waals surface area (Å²) in [5.41, 5.74) is -0.466. The molecule has 2 rings (SSSR count). The van der Waals surface area contributed by atoms with Crippen LogP contribution in [0.5, 0.6) is 0 Å². The van der Waals surface area contributed by atoms with Gasteiger partial charge in [0.15, 0.2) is 5.82 Å². The van der Waals surface area contributed by atoms with Gasteiger partial charge < -0.3 is 10.6 Å². The molecule has 1 aromatic carbocycles. The summed E-state index contributed by atoms with van der Waals surface area (Å²) in [6.45, 7) is 2.24. The quantitative estimate of drug-likeness (QED) is 0.456. The predicted octanol–water partition coefficient (Wildman–Crippen LogP) is 1.79. The van der Waals surface area contributed by atoms with Crippen LogP contribution in [0.3, 0.4) is 0 Å². The number of carbonyl (C=O) groups is 1. The van der Waals surface area contributed by atoms with E-state index in [0.29, 0.717) is 19.5 Å². The van der Waals surface area contributed by atoms with Gasteiger partial charge in [-0.3, -0.25) is 19.6 Å². The summed E-state index contributed by atoms with van der Waals surface area (Å²) in [6.07, 6.45) is 3.64. The Hall–Kier alpha value is -3.04. The number of aromatic nitrogens is 3. The lowest BCUT2D eigenvalue weighted by Gasteiger charge is -2.10. The fourth-order valence-corrected chi connectivity index (χ4v) is 1.95. The summed E-state index contributed by atoms with van der Waals surface area (Å²) in [5.74, 6) is -1.23. The molecule has 0 bridgehead atoms. The lowest BCUT2D eigenvalue weighted by Crippen LogP contribution is -2.11. The first kappa shape index (κ1) is 16.3. The Labute approximate surface area is 130 Å². The highest BCUT2D eigenvalue weighted by Gasteiger charge is 2.19. The molecule has 0 spiro atoms. The zero-order chi connectivity index (χ0) is 16.8. The zero-order valence-corrected chi connectivity index (χ0v) is 12.3. The van der Waals surface area contributed by atoms with Crippen molar-refractivity contribution in [3.8, 4) is 0 Å². The minimum atomic E-state index is -0.758. The van der Waals surface area contributed by atoms with Crippen LogP contribution in [0, 0.1) is 15.9 Å². The van der Waals surface area contributed by atoms with Crippen LogP contribution < -0.4 is 10.6 Å². The smallest absolute Gasteiger partial charge is 0.295 e. The lowest BCUT2D eigenvalue weighted by molar-refractivity contribution is -0.384. The molecule has 2 N–H and O–H groups in total. The molecule has 1 amide bonds. The van der Waals surface area contributed by atoms with E-state index in [9.17, 15) is 19.3 Å². The molecule has 1 heterocycles. The van der Waals surface area contributed by atoms with Crippen molar-refractivity contribution >= 4 is 23.0 Å². The minimum absolute atomic E-state index is 0.0531. The van der Waals surface area contributed by atoms with Crippen molar-refractivity contribution in [3.63, 3.8) is 0 Å². The van der Waals surface area contributed by atoms with Crippen molar-refractivity contribution < 1.29 is 14.1 Å². The topological polar surface area (TPSA) is 115 Å². The van der Waals surface area contributed by atoms with Crippen molar-refractivity contribution in [1.82, 2.24) is 14.8 Å². The number of carbonyl (C=O) groups excluding carboxylic acids is 1. The third-order valence-electron chi connectivity index (χ3n) is 2.94. The molecule has 23 heavy (non-hydrogen) atoms. The van der Waals surface area contributed by atoms with E-state index in [0.717, 1.165) is 6.07 Å². The Morgan fingerprint density at radius 1 is 1.43 bits per heavy atom.